The molecule has 0 spiro atoms. The average molecular weight is 531 g/mol. The minimum atomic E-state index is -0.203. The number of hydrogen-bond donors (Lipinski definition) is 3. The number of nitrogens with two attached hydrogens (primary N) is 1. The van der Waals surface area contributed by atoms with Gasteiger partial charge in [0.05, 0.1) is 5.69 Å². The number of nitrogens with one attached hydrogen (secondary N) is 2. The van der Waals surface area contributed by atoms with Crippen LogP contribution in [0.1, 0.15) is 64.1 Å². The number of amides is 1. The maximum Gasteiger partial charge on any atom is 0.253 e. The predicted molar refractivity (Wildman–Crippen MR) is 158 cm³/mol. The van der Waals surface area contributed by atoms with E-state index in [0.29, 0.717) is 17.2 Å². The van der Waals surface area contributed by atoms with Crippen LogP contribution in [0.2, 0.25) is 0 Å². The zero-order valence-electron chi connectivity index (χ0n) is 24.1. The summed E-state index contributed by atoms with van der Waals surface area (Å²) in [5.74, 6) is -0.203. The number of carbonyl (C=O) groups is 1. The van der Waals surface area contributed by atoms with Crippen LogP contribution in [-0.2, 0) is 13.1 Å². The number of benzene rings is 1. The first-order chi connectivity index (χ1) is 18.5. The molecule has 1 aliphatic carbocycles. The van der Waals surface area contributed by atoms with Crippen molar-refractivity contribution in [2.24, 2.45) is 5.73 Å². The Morgan fingerprint density at radius 2 is 1.77 bits per heavy atom. The van der Waals surface area contributed by atoms with Gasteiger partial charge in [-0.05, 0) is 102 Å². The van der Waals surface area contributed by atoms with Gasteiger partial charge in [0, 0.05) is 66.5 Å². The Balaban J connectivity index is 1.69. The molecule has 3 aromatic rings. The molecule has 1 aromatic carbocycles. The first-order valence-corrected chi connectivity index (χ1v) is 13.7. The van der Waals surface area contributed by atoms with Gasteiger partial charge < -0.3 is 25.8 Å². The number of anilines is 1. The molecule has 0 atom stereocenters. The topological polar surface area (TPSA) is 107 Å². The molecule has 4 N–H and O–H groups in total. The van der Waals surface area contributed by atoms with E-state index in [1.54, 1.807) is 0 Å². The lowest BCUT2D eigenvalue weighted by Gasteiger charge is -2.36. The first-order valence-electron chi connectivity index (χ1n) is 13.7. The summed E-state index contributed by atoms with van der Waals surface area (Å²) in [5.41, 5.74) is 13.7. The van der Waals surface area contributed by atoms with Crippen LogP contribution in [0.3, 0.4) is 0 Å². The minimum Gasteiger partial charge on any atom is -0.371 e. The standard InChI is InChI=1S/C31H42N6O2/c1-19-13-20(2)35-31(39)28(19)17-34-30(38)27-14-23(22-7-10-25(33-16-22)18-36(4)5)15-29(21(27)3)37(6)26-11-8-24(32)9-12-26/h7,10,13-16,24,26H,8-9,11-12,17-18,32H2,1-6H3,(H,34,38)(H,35,39)/t24-,26-. The monoisotopic (exact) mass is 530 g/mol. The number of aryl methyl sites for hydroxylation is 2. The minimum absolute atomic E-state index is 0.163. The van der Waals surface area contributed by atoms with Crippen molar-refractivity contribution in [1.29, 1.82) is 0 Å². The third-order valence-electron chi connectivity index (χ3n) is 7.85. The number of rotatable bonds is 8. The van der Waals surface area contributed by atoms with Gasteiger partial charge in [-0.3, -0.25) is 14.6 Å². The molecule has 2 heterocycles. The first kappa shape index (κ1) is 28.5. The van der Waals surface area contributed by atoms with E-state index in [-0.39, 0.29) is 24.1 Å². The maximum absolute atomic E-state index is 13.6. The Morgan fingerprint density at radius 3 is 2.38 bits per heavy atom. The second-order valence-electron chi connectivity index (χ2n) is 11.2. The summed E-state index contributed by atoms with van der Waals surface area (Å²) in [6.45, 7) is 6.67. The lowest BCUT2D eigenvalue weighted by molar-refractivity contribution is 0.0950. The molecule has 0 radical (unpaired) electrons. The van der Waals surface area contributed by atoms with Crippen molar-refractivity contribution >= 4 is 11.6 Å². The second kappa shape index (κ2) is 12.1. The summed E-state index contributed by atoms with van der Waals surface area (Å²) in [7, 11) is 6.15. The number of carbonyl (C=O) groups excluding carboxylic acids is 1. The third kappa shape index (κ3) is 6.75. The molecule has 0 aliphatic heterocycles. The predicted octanol–water partition coefficient (Wildman–Crippen LogP) is 4.06. The van der Waals surface area contributed by atoms with Crippen LogP contribution in [0.5, 0.6) is 0 Å². The van der Waals surface area contributed by atoms with Gasteiger partial charge in [0.2, 0.25) is 0 Å². The van der Waals surface area contributed by atoms with E-state index < -0.39 is 0 Å². The molecule has 8 nitrogen and oxygen atoms in total. The molecule has 0 unspecified atom stereocenters. The van der Waals surface area contributed by atoms with Gasteiger partial charge in [-0.15, -0.1) is 0 Å². The van der Waals surface area contributed by atoms with E-state index in [2.05, 4.69) is 44.3 Å². The van der Waals surface area contributed by atoms with E-state index >= 15 is 0 Å². The van der Waals surface area contributed by atoms with Crippen molar-refractivity contribution in [2.45, 2.75) is 71.6 Å². The lowest BCUT2D eigenvalue weighted by Crippen LogP contribution is -2.39. The second-order valence-corrected chi connectivity index (χ2v) is 11.2. The van der Waals surface area contributed by atoms with E-state index in [1.165, 1.54) is 0 Å². The third-order valence-corrected chi connectivity index (χ3v) is 7.85. The number of aromatic nitrogens is 2. The largest absolute Gasteiger partial charge is 0.371 e. The van der Waals surface area contributed by atoms with Crippen molar-refractivity contribution < 1.29 is 4.79 Å². The Kier molecular flexibility index (Phi) is 8.87. The molecule has 4 rings (SSSR count). The van der Waals surface area contributed by atoms with Gasteiger partial charge in [-0.1, -0.05) is 6.07 Å². The van der Waals surface area contributed by atoms with Crippen molar-refractivity contribution in [3.05, 3.63) is 80.5 Å². The normalized spacial score (nSPS) is 17.3. The van der Waals surface area contributed by atoms with Crippen LogP contribution in [-0.4, -0.2) is 54.0 Å². The van der Waals surface area contributed by atoms with Crippen LogP contribution in [0.25, 0.3) is 11.1 Å². The highest BCUT2D eigenvalue weighted by Gasteiger charge is 2.25. The van der Waals surface area contributed by atoms with Gasteiger partial charge in [0.1, 0.15) is 0 Å². The quantitative estimate of drug-likeness (QED) is 0.406. The number of aromatic amines is 1. The highest BCUT2D eigenvalue weighted by molar-refractivity contribution is 5.98. The zero-order chi connectivity index (χ0) is 28.3. The molecule has 1 amide bonds. The van der Waals surface area contributed by atoms with Crippen LogP contribution in [0.4, 0.5) is 5.69 Å². The summed E-state index contributed by atoms with van der Waals surface area (Å²) < 4.78 is 0. The van der Waals surface area contributed by atoms with Gasteiger partial charge in [0.15, 0.2) is 0 Å². The Labute approximate surface area is 231 Å². The van der Waals surface area contributed by atoms with Crippen LogP contribution >= 0.6 is 0 Å². The molecule has 2 aromatic heterocycles. The van der Waals surface area contributed by atoms with E-state index in [9.17, 15) is 9.59 Å². The van der Waals surface area contributed by atoms with Crippen LogP contribution in [0.15, 0.2) is 41.3 Å². The fourth-order valence-electron chi connectivity index (χ4n) is 5.53. The molecule has 1 fully saturated rings. The summed E-state index contributed by atoms with van der Waals surface area (Å²) in [6.07, 6.45) is 5.94. The molecule has 1 aliphatic rings. The fraction of sp³-hybridized carbons (Fsp3) is 0.452. The van der Waals surface area contributed by atoms with Crippen molar-refractivity contribution in [2.75, 3.05) is 26.0 Å². The van der Waals surface area contributed by atoms with Gasteiger partial charge in [-0.25, -0.2) is 0 Å². The number of hydrogen-bond acceptors (Lipinski definition) is 6. The zero-order valence-corrected chi connectivity index (χ0v) is 24.1. The van der Waals surface area contributed by atoms with E-state index in [4.69, 9.17) is 5.73 Å². The van der Waals surface area contributed by atoms with E-state index in [0.717, 1.165) is 71.6 Å². The SMILES string of the molecule is Cc1cc(C)c(CNC(=O)c2cc(-c3ccc(CN(C)C)nc3)cc(N(C)[C@H]3CC[C@H](N)CC3)c2C)c(=O)[nH]1. The molecular weight excluding hydrogens is 488 g/mol. The molecule has 208 valence electrons. The fourth-order valence-corrected chi connectivity index (χ4v) is 5.53. The van der Waals surface area contributed by atoms with Crippen molar-refractivity contribution in [1.82, 2.24) is 20.2 Å². The van der Waals surface area contributed by atoms with Crippen molar-refractivity contribution in [3.8, 4) is 11.1 Å². The Hall–Kier alpha value is -3.49. The van der Waals surface area contributed by atoms with Gasteiger partial charge in [0.25, 0.3) is 11.5 Å². The highest BCUT2D eigenvalue weighted by Crippen LogP contribution is 2.34. The Bertz CT molecular complexity index is 1370. The Morgan fingerprint density at radius 1 is 1.05 bits per heavy atom. The van der Waals surface area contributed by atoms with Gasteiger partial charge >= 0.3 is 0 Å². The van der Waals surface area contributed by atoms with Crippen LogP contribution in [0, 0.1) is 20.8 Å². The summed E-state index contributed by atoms with van der Waals surface area (Å²) in [6, 6.07) is 10.8. The van der Waals surface area contributed by atoms with Gasteiger partial charge in [-0.2, -0.15) is 0 Å². The molecule has 0 saturated heterocycles. The maximum atomic E-state index is 13.6. The molecule has 0 bridgehead atoms. The lowest BCUT2D eigenvalue weighted by atomic mass is 9.89. The summed E-state index contributed by atoms with van der Waals surface area (Å²) >= 11 is 0. The average Bonchev–Trinajstić information content (AvgIpc) is 2.88. The van der Waals surface area contributed by atoms with Crippen LogP contribution < -0.4 is 21.5 Å². The summed E-state index contributed by atoms with van der Waals surface area (Å²) in [4.78, 5) is 38.0. The van der Waals surface area contributed by atoms with E-state index in [1.807, 2.05) is 59.3 Å². The molecule has 8 heteroatoms. The molecular formula is C31H42N6O2. The number of pyridine rings is 2. The molecule has 39 heavy (non-hydrogen) atoms. The number of nitrogens with zero attached hydrogens (tertiary/aromatic N) is 3. The van der Waals surface area contributed by atoms with Crippen molar-refractivity contribution in [3.63, 3.8) is 0 Å². The number of H-pyrrole nitrogens is 1. The summed E-state index contributed by atoms with van der Waals surface area (Å²) in [5, 5.41) is 3.00. The highest BCUT2D eigenvalue weighted by atomic mass is 16.1. The molecule has 1 saturated carbocycles. The smallest absolute Gasteiger partial charge is 0.253 e.